The molecule has 0 saturated carbocycles. The molecule has 1 atom stereocenters. The zero-order valence-electron chi connectivity index (χ0n) is 14.1. The highest BCUT2D eigenvalue weighted by Gasteiger charge is 2.36. The standard InChI is InChI=1S/C19H21FN2O3/c1-14-9-15(11-21-10-14)18(23)22-8-2-7-19(24,12-22)13-25-17-5-3-16(20)4-6-17/h3-6,9-11,24H,2,7-8,12-13H2,1H3. The third-order valence-corrected chi connectivity index (χ3v) is 4.29. The minimum atomic E-state index is -1.13. The van der Waals surface area contributed by atoms with Gasteiger partial charge in [0.2, 0.25) is 0 Å². The summed E-state index contributed by atoms with van der Waals surface area (Å²) in [7, 11) is 0. The number of halogens is 1. The summed E-state index contributed by atoms with van der Waals surface area (Å²) >= 11 is 0. The molecule has 132 valence electrons. The van der Waals surface area contributed by atoms with Gasteiger partial charge >= 0.3 is 0 Å². The van der Waals surface area contributed by atoms with Gasteiger partial charge in [-0.1, -0.05) is 0 Å². The van der Waals surface area contributed by atoms with Gasteiger partial charge in [-0.05, 0) is 55.7 Å². The Morgan fingerprint density at radius 3 is 2.84 bits per heavy atom. The van der Waals surface area contributed by atoms with Crippen molar-refractivity contribution in [3.63, 3.8) is 0 Å². The number of hydrogen-bond donors (Lipinski definition) is 1. The monoisotopic (exact) mass is 344 g/mol. The predicted molar refractivity (Wildman–Crippen MR) is 91.0 cm³/mol. The molecule has 1 saturated heterocycles. The van der Waals surface area contributed by atoms with E-state index in [0.717, 1.165) is 5.56 Å². The van der Waals surface area contributed by atoms with Crippen molar-refractivity contribution in [1.82, 2.24) is 9.88 Å². The second-order valence-electron chi connectivity index (χ2n) is 6.55. The van der Waals surface area contributed by atoms with Crippen LogP contribution in [0.4, 0.5) is 4.39 Å². The fourth-order valence-electron chi connectivity index (χ4n) is 3.01. The van der Waals surface area contributed by atoms with Gasteiger partial charge in [0.05, 0.1) is 12.1 Å². The van der Waals surface area contributed by atoms with E-state index >= 15 is 0 Å². The molecule has 0 radical (unpaired) electrons. The highest BCUT2D eigenvalue weighted by atomic mass is 19.1. The first-order valence-electron chi connectivity index (χ1n) is 8.27. The number of amides is 1. The van der Waals surface area contributed by atoms with E-state index in [1.807, 2.05) is 6.92 Å². The number of aryl methyl sites for hydroxylation is 1. The maximum atomic E-state index is 12.9. The lowest BCUT2D eigenvalue weighted by molar-refractivity contribution is -0.0532. The van der Waals surface area contributed by atoms with Crippen LogP contribution >= 0.6 is 0 Å². The Bertz CT molecular complexity index is 751. The minimum absolute atomic E-state index is 0.0501. The van der Waals surface area contributed by atoms with E-state index in [2.05, 4.69) is 4.98 Å². The number of aromatic nitrogens is 1. The topological polar surface area (TPSA) is 62.7 Å². The van der Waals surface area contributed by atoms with E-state index in [9.17, 15) is 14.3 Å². The maximum absolute atomic E-state index is 12.9. The van der Waals surface area contributed by atoms with Crippen LogP contribution in [-0.2, 0) is 0 Å². The first-order valence-corrected chi connectivity index (χ1v) is 8.27. The summed E-state index contributed by atoms with van der Waals surface area (Å²) in [5.41, 5.74) is 0.306. The fourth-order valence-corrected chi connectivity index (χ4v) is 3.01. The Hall–Kier alpha value is -2.47. The van der Waals surface area contributed by atoms with Crippen molar-refractivity contribution < 1.29 is 19.0 Å². The summed E-state index contributed by atoms with van der Waals surface area (Å²) in [5.74, 6) is 0.00419. The molecular formula is C19H21FN2O3. The predicted octanol–water partition coefficient (Wildman–Crippen LogP) is 2.58. The molecule has 1 fully saturated rings. The van der Waals surface area contributed by atoms with Crippen LogP contribution in [0.25, 0.3) is 0 Å². The molecule has 0 aliphatic carbocycles. The lowest BCUT2D eigenvalue weighted by Crippen LogP contribution is -2.53. The average molecular weight is 344 g/mol. The van der Waals surface area contributed by atoms with E-state index in [0.29, 0.717) is 30.7 Å². The number of carbonyl (C=O) groups excluding carboxylic acids is 1. The average Bonchev–Trinajstić information content (AvgIpc) is 2.61. The Morgan fingerprint density at radius 1 is 1.36 bits per heavy atom. The smallest absolute Gasteiger partial charge is 0.255 e. The van der Waals surface area contributed by atoms with Gasteiger partial charge in [0.1, 0.15) is 23.8 Å². The zero-order valence-corrected chi connectivity index (χ0v) is 14.1. The Kier molecular flexibility index (Phi) is 4.99. The number of benzene rings is 1. The molecule has 1 N–H and O–H groups in total. The normalized spacial score (nSPS) is 20.4. The summed E-state index contributed by atoms with van der Waals surface area (Å²) < 4.78 is 18.5. The minimum Gasteiger partial charge on any atom is -0.491 e. The maximum Gasteiger partial charge on any atom is 0.255 e. The quantitative estimate of drug-likeness (QED) is 0.926. The van der Waals surface area contributed by atoms with Crippen molar-refractivity contribution in [2.75, 3.05) is 19.7 Å². The van der Waals surface area contributed by atoms with Crippen molar-refractivity contribution in [3.05, 3.63) is 59.7 Å². The second-order valence-corrected chi connectivity index (χ2v) is 6.55. The molecular weight excluding hydrogens is 323 g/mol. The number of pyridine rings is 1. The number of nitrogens with zero attached hydrogens (tertiary/aromatic N) is 2. The Balaban J connectivity index is 1.65. The van der Waals surface area contributed by atoms with E-state index < -0.39 is 5.60 Å². The number of rotatable bonds is 4. The largest absolute Gasteiger partial charge is 0.491 e. The van der Waals surface area contributed by atoms with Crippen LogP contribution in [0, 0.1) is 12.7 Å². The van der Waals surface area contributed by atoms with Gasteiger partial charge < -0.3 is 14.7 Å². The van der Waals surface area contributed by atoms with Crippen LogP contribution in [0.5, 0.6) is 5.75 Å². The summed E-state index contributed by atoms with van der Waals surface area (Å²) in [6.45, 7) is 2.72. The van der Waals surface area contributed by atoms with Crippen molar-refractivity contribution in [3.8, 4) is 5.75 Å². The van der Waals surface area contributed by atoms with Crippen molar-refractivity contribution in [1.29, 1.82) is 0 Å². The van der Waals surface area contributed by atoms with Crippen LogP contribution in [0.2, 0.25) is 0 Å². The van der Waals surface area contributed by atoms with Crippen LogP contribution < -0.4 is 4.74 Å². The van der Waals surface area contributed by atoms with Gasteiger partial charge in [-0.2, -0.15) is 0 Å². The molecule has 5 nitrogen and oxygen atoms in total. The molecule has 3 rings (SSSR count). The van der Waals surface area contributed by atoms with Gasteiger partial charge in [0, 0.05) is 18.9 Å². The molecule has 1 unspecified atom stereocenters. The van der Waals surface area contributed by atoms with Gasteiger partial charge in [0.25, 0.3) is 5.91 Å². The third kappa shape index (κ3) is 4.33. The van der Waals surface area contributed by atoms with Crippen LogP contribution in [0.15, 0.2) is 42.7 Å². The Labute approximate surface area is 146 Å². The summed E-state index contributed by atoms with van der Waals surface area (Å²) in [6, 6.07) is 7.44. The second kappa shape index (κ2) is 7.19. The van der Waals surface area contributed by atoms with Crippen molar-refractivity contribution in [2.45, 2.75) is 25.4 Å². The molecule has 2 aromatic rings. The first kappa shape index (κ1) is 17.4. The summed E-state index contributed by atoms with van der Waals surface area (Å²) in [4.78, 5) is 18.3. The molecule has 1 aromatic heterocycles. The number of aliphatic hydroxyl groups is 1. The number of hydrogen-bond acceptors (Lipinski definition) is 4. The first-order chi connectivity index (χ1) is 12.0. The highest BCUT2D eigenvalue weighted by Crippen LogP contribution is 2.24. The number of likely N-dealkylation sites (tertiary alicyclic amines) is 1. The van der Waals surface area contributed by atoms with Gasteiger partial charge in [-0.3, -0.25) is 9.78 Å². The number of carbonyl (C=O) groups is 1. The molecule has 0 bridgehead atoms. The van der Waals surface area contributed by atoms with Crippen LogP contribution in [0.3, 0.4) is 0 Å². The van der Waals surface area contributed by atoms with Gasteiger partial charge in [0.15, 0.2) is 0 Å². The summed E-state index contributed by atoms with van der Waals surface area (Å²) in [5, 5.41) is 10.8. The number of β-amino-alcohol motifs (C(OH)–C–C–N with tert-alkyl or cyclic N) is 1. The van der Waals surface area contributed by atoms with Crippen molar-refractivity contribution >= 4 is 5.91 Å². The molecule has 1 amide bonds. The molecule has 1 aromatic carbocycles. The van der Waals surface area contributed by atoms with E-state index in [4.69, 9.17) is 4.74 Å². The van der Waals surface area contributed by atoms with E-state index in [1.165, 1.54) is 30.5 Å². The molecule has 2 heterocycles. The van der Waals surface area contributed by atoms with Gasteiger partial charge in [-0.15, -0.1) is 0 Å². The molecule has 1 aliphatic heterocycles. The summed E-state index contributed by atoms with van der Waals surface area (Å²) in [6.07, 6.45) is 4.47. The zero-order chi connectivity index (χ0) is 17.9. The SMILES string of the molecule is Cc1cncc(C(=O)N2CCCC(O)(COc3ccc(F)cc3)C2)c1. The molecule has 1 aliphatic rings. The fraction of sp³-hybridized carbons (Fsp3) is 0.368. The lowest BCUT2D eigenvalue weighted by atomic mass is 9.93. The number of ether oxygens (including phenoxy) is 1. The highest BCUT2D eigenvalue weighted by molar-refractivity contribution is 5.94. The molecule has 6 heteroatoms. The number of piperidine rings is 1. The van der Waals surface area contributed by atoms with Crippen LogP contribution in [0.1, 0.15) is 28.8 Å². The van der Waals surface area contributed by atoms with Gasteiger partial charge in [-0.25, -0.2) is 4.39 Å². The van der Waals surface area contributed by atoms with E-state index in [-0.39, 0.29) is 24.9 Å². The molecule has 25 heavy (non-hydrogen) atoms. The third-order valence-electron chi connectivity index (χ3n) is 4.29. The van der Waals surface area contributed by atoms with Crippen molar-refractivity contribution in [2.24, 2.45) is 0 Å². The van der Waals surface area contributed by atoms with Crippen LogP contribution in [-0.4, -0.2) is 46.2 Å². The van der Waals surface area contributed by atoms with E-state index in [1.54, 1.807) is 17.2 Å². The Morgan fingerprint density at radius 2 is 2.12 bits per heavy atom. The molecule has 0 spiro atoms. The lowest BCUT2D eigenvalue weighted by Gasteiger charge is -2.39.